The van der Waals surface area contributed by atoms with Crippen LogP contribution in [-0.4, -0.2) is 69.5 Å². The van der Waals surface area contributed by atoms with E-state index >= 15 is 0 Å². The van der Waals surface area contributed by atoms with Crippen molar-refractivity contribution in [3.63, 3.8) is 0 Å². The molecule has 1 aromatic heterocycles. The summed E-state index contributed by atoms with van der Waals surface area (Å²) in [6.07, 6.45) is 5.46. The SMILES string of the molecule is Cc1ccc(CC(=O)N2CCC(N3C[C@H](O)C[C@H]3C(=O)NCc3cccnc3)CC2)cc1. The number of aliphatic hydroxyl groups excluding tert-OH is 1. The topological polar surface area (TPSA) is 85.8 Å². The molecule has 0 unspecified atom stereocenters. The van der Waals surface area contributed by atoms with Gasteiger partial charge >= 0.3 is 0 Å². The Kier molecular flexibility index (Phi) is 7.17. The van der Waals surface area contributed by atoms with E-state index in [9.17, 15) is 14.7 Å². The van der Waals surface area contributed by atoms with Crippen LogP contribution in [0.3, 0.4) is 0 Å². The molecule has 32 heavy (non-hydrogen) atoms. The summed E-state index contributed by atoms with van der Waals surface area (Å²) in [6, 6.07) is 11.7. The maximum atomic E-state index is 12.9. The second-order valence-corrected chi connectivity index (χ2v) is 8.96. The van der Waals surface area contributed by atoms with Crippen LogP contribution in [0.5, 0.6) is 0 Å². The van der Waals surface area contributed by atoms with Gasteiger partial charge in [-0.3, -0.25) is 19.5 Å². The minimum absolute atomic E-state index is 0.0525. The minimum Gasteiger partial charge on any atom is -0.392 e. The lowest BCUT2D eigenvalue weighted by molar-refractivity contribution is -0.133. The van der Waals surface area contributed by atoms with E-state index in [0.29, 0.717) is 39.0 Å². The van der Waals surface area contributed by atoms with Crippen LogP contribution >= 0.6 is 0 Å². The number of pyridine rings is 1. The number of β-amino-alcohol motifs (C(OH)–C–C–N with tert-alkyl or cyclic N) is 1. The third-order valence-corrected chi connectivity index (χ3v) is 6.57. The molecule has 170 valence electrons. The van der Waals surface area contributed by atoms with Crippen LogP contribution in [0.4, 0.5) is 0 Å². The number of carbonyl (C=O) groups is 2. The molecule has 1 aromatic carbocycles. The number of benzene rings is 1. The van der Waals surface area contributed by atoms with Gasteiger partial charge in [0.1, 0.15) is 0 Å². The van der Waals surface area contributed by atoms with Gasteiger partial charge in [-0.15, -0.1) is 0 Å². The highest BCUT2D eigenvalue weighted by atomic mass is 16.3. The zero-order chi connectivity index (χ0) is 22.5. The molecule has 0 saturated carbocycles. The normalized spacial score (nSPS) is 22.1. The maximum absolute atomic E-state index is 12.9. The summed E-state index contributed by atoms with van der Waals surface area (Å²) in [7, 11) is 0. The minimum atomic E-state index is -0.495. The molecule has 2 saturated heterocycles. The van der Waals surface area contributed by atoms with Crippen LogP contribution in [0.2, 0.25) is 0 Å². The van der Waals surface area contributed by atoms with Crippen molar-refractivity contribution in [3.05, 3.63) is 65.5 Å². The highest BCUT2D eigenvalue weighted by molar-refractivity contribution is 5.82. The summed E-state index contributed by atoms with van der Waals surface area (Å²) in [5.41, 5.74) is 3.18. The Labute approximate surface area is 189 Å². The van der Waals surface area contributed by atoms with Gasteiger partial charge in [0.15, 0.2) is 0 Å². The summed E-state index contributed by atoms with van der Waals surface area (Å²) in [6.45, 7) is 4.35. The molecule has 0 aliphatic carbocycles. The molecule has 2 N–H and O–H groups in total. The molecule has 3 heterocycles. The number of aryl methyl sites for hydroxylation is 1. The van der Waals surface area contributed by atoms with Gasteiger partial charge in [-0.1, -0.05) is 35.9 Å². The molecular weight excluding hydrogens is 404 g/mol. The smallest absolute Gasteiger partial charge is 0.237 e. The molecule has 2 amide bonds. The lowest BCUT2D eigenvalue weighted by Gasteiger charge is -2.39. The van der Waals surface area contributed by atoms with Gasteiger partial charge in [-0.25, -0.2) is 0 Å². The highest BCUT2D eigenvalue weighted by Gasteiger charge is 2.40. The summed E-state index contributed by atoms with van der Waals surface area (Å²) < 4.78 is 0. The van der Waals surface area contributed by atoms with Gasteiger partial charge in [0, 0.05) is 44.6 Å². The van der Waals surface area contributed by atoms with Gasteiger partial charge in [0.25, 0.3) is 0 Å². The number of likely N-dealkylation sites (tertiary alicyclic amines) is 2. The Balaban J connectivity index is 1.29. The number of hydrogen-bond acceptors (Lipinski definition) is 5. The number of carbonyl (C=O) groups excluding carboxylic acids is 2. The van der Waals surface area contributed by atoms with Crippen molar-refractivity contribution in [1.82, 2.24) is 20.1 Å². The van der Waals surface area contributed by atoms with Crippen molar-refractivity contribution >= 4 is 11.8 Å². The average Bonchev–Trinajstić information content (AvgIpc) is 3.21. The Morgan fingerprint density at radius 3 is 2.56 bits per heavy atom. The monoisotopic (exact) mass is 436 g/mol. The molecule has 4 rings (SSSR count). The summed E-state index contributed by atoms with van der Waals surface area (Å²) in [5.74, 6) is 0.0998. The summed E-state index contributed by atoms with van der Waals surface area (Å²) >= 11 is 0. The molecule has 7 nitrogen and oxygen atoms in total. The van der Waals surface area contributed by atoms with Crippen LogP contribution in [-0.2, 0) is 22.6 Å². The number of piperidine rings is 1. The van der Waals surface area contributed by atoms with Crippen molar-refractivity contribution in [2.24, 2.45) is 0 Å². The first-order chi connectivity index (χ1) is 15.5. The molecule has 0 radical (unpaired) electrons. The zero-order valence-corrected chi connectivity index (χ0v) is 18.6. The average molecular weight is 437 g/mol. The van der Waals surface area contributed by atoms with E-state index in [2.05, 4.69) is 15.2 Å². The predicted molar refractivity (Wildman–Crippen MR) is 122 cm³/mol. The van der Waals surface area contributed by atoms with E-state index in [0.717, 1.165) is 24.0 Å². The van der Waals surface area contributed by atoms with E-state index in [-0.39, 0.29) is 23.9 Å². The molecule has 0 bridgehead atoms. The second kappa shape index (κ2) is 10.2. The maximum Gasteiger partial charge on any atom is 0.237 e. The highest BCUT2D eigenvalue weighted by Crippen LogP contribution is 2.27. The number of nitrogens with one attached hydrogen (secondary N) is 1. The predicted octanol–water partition coefficient (Wildman–Crippen LogP) is 1.68. The second-order valence-electron chi connectivity index (χ2n) is 8.96. The quantitative estimate of drug-likeness (QED) is 0.720. The van der Waals surface area contributed by atoms with E-state index in [1.807, 2.05) is 48.2 Å². The number of aliphatic hydroxyl groups is 1. The molecule has 7 heteroatoms. The molecule has 0 spiro atoms. The third kappa shape index (κ3) is 5.53. The van der Waals surface area contributed by atoms with E-state index in [1.54, 1.807) is 12.4 Å². The molecule has 2 aliphatic heterocycles. The lowest BCUT2D eigenvalue weighted by atomic mass is 10.0. The largest absolute Gasteiger partial charge is 0.392 e. The van der Waals surface area contributed by atoms with E-state index in [1.165, 1.54) is 5.56 Å². The fourth-order valence-electron chi connectivity index (χ4n) is 4.75. The number of hydrogen-bond donors (Lipinski definition) is 2. The molecule has 2 atom stereocenters. The Hall–Kier alpha value is -2.77. The van der Waals surface area contributed by atoms with Crippen molar-refractivity contribution in [2.75, 3.05) is 19.6 Å². The molecular formula is C25H32N4O3. The first-order valence-corrected chi connectivity index (χ1v) is 11.4. The summed E-state index contributed by atoms with van der Waals surface area (Å²) in [4.78, 5) is 33.7. The first-order valence-electron chi connectivity index (χ1n) is 11.4. The van der Waals surface area contributed by atoms with Crippen LogP contribution in [0.25, 0.3) is 0 Å². The van der Waals surface area contributed by atoms with Gasteiger partial charge < -0.3 is 15.3 Å². The van der Waals surface area contributed by atoms with Crippen molar-refractivity contribution in [2.45, 2.75) is 57.3 Å². The molecule has 2 fully saturated rings. The van der Waals surface area contributed by atoms with Crippen LogP contribution in [0, 0.1) is 6.92 Å². The first kappa shape index (κ1) is 22.4. The Morgan fingerprint density at radius 1 is 1.12 bits per heavy atom. The Morgan fingerprint density at radius 2 is 1.88 bits per heavy atom. The van der Waals surface area contributed by atoms with Gasteiger partial charge in [-0.2, -0.15) is 0 Å². The van der Waals surface area contributed by atoms with Crippen LogP contribution < -0.4 is 5.32 Å². The third-order valence-electron chi connectivity index (χ3n) is 6.57. The fourth-order valence-corrected chi connectivity index (χ4v) is 4.75. The van der Waals surface area contributed by atoms with Crippen molar-refractivity contribution < 1.29 is 14.7 Å². The van der Waals surface area contributed by atoms with Crippen molar-refractivity contribution in [3.8, 4) is 0 Å². The Bertz CT molecular complexity index is 911. The number of aromatic nitrogens is 1. The summed E-state index contributed by atoms with van der Waals surface area (Å²) in [5, 5.41) is 13.3. The lowest BCUT2D eigenvalue weighted by Crippen LogP contribution is -2.52. The van der Waals surface area contributed by atoms with E-state index < -0.39 is 6.10 Å². The number of amides is 2. The number of nitrogens with zero attached hydrogens (tertiary/aromatic N) is 3. The van der Waals surface area contributed by atoms with Gasteiger partial charge in [0.2, 0.25) is 11.8 Å². The standard InChI is InChI=1S/C25H32N4O3/c1-18-4-6-19(7-5-18)13-24(31)28-11-8-21(9-12-28)29-17-22(30)14-23(29)25(32)27-16-20-3-2-10-26-15-20/h2-7,10,15,21-23,30H,8-9,11-14,16-17H2,1H3,(H,27,32)/t22-,23+/m1/s1. The molecule has 2 aliphatic rings. The fraction of sp³-hybridized carbons (Fsp3) is 0.480. The van der Waals surface area contributed by atoms with Crippen LogP contribution in [0.15, 0.2) is 48.8 Å². The molecule has 2 aromatic rings. The van der Waals surface area contributed by atoms with Crippen molar-refractivity contribution in [1.29, 1.82) is 0 Å². The van der Waals surface area contributed by atoms with Gasteiger partial charge in [-0.05, 0) is 43.4 Å². The zero-order valence-electron chi connectivity index (χ0n) is 18.6. The van der Waals surface area contributed by atoms with Crippen LogP contribution in [0.1, 0.15) is 36.0 Å². The van der Waals surface area contributed by atoms with E-state index in [4.69, 9.17) is 0 Å². The number of rotatable bonds is 6. The van der Waals surface area contributed by atoms with Gasteiger partial charge in [0.05, 0.1) is 18.6 Å².